The number of hydrogen-bond acceptors (Lipinski definition) is 2. The van der Waals surface area contributed by atoms with Gasteiger partial charge in [0.25, 0.3) is 0 Å². The molecule has 0 aromatic carbocycles. The average molecular weight is 284 g/mol. The van der Waals surface area contributed by atoms with Crippen LogP contribution in [0.25, 0.3) is 0 Å². The lowest BCUT2D eigenvalue weighted by atomic mass is 10.0. The number of rotatable bonds is 11. The zero-order valence-electron chi connectivity index (χ0n) is 14.3. The summed E-state index contributed by atoms with van der Waals surface area (Å²) in [6.07, 6.45) is 4.86. The van der Waals surface area contributed by atoms with Gasteiger partial charge >= 0.3 is 0 Å². The van der Waals surface area contributed by atoms with Crippen molar-refractivity contribution in [3.63, 3.8) is 0 Å². The van der Waals surface area contributed by atoms with E-state index in [0.717, 1.165) is 45.3 Å². The third-order valence-electron chi connectivity index (χ3n) is 3.82. The maximum absolute atomic E-state index is 12.4. The Morgan fingerprint density at radius 3 is 1.80 bits per heavy atom. The van der Waals surface area contributed by atoms with Gasteiger partial charge in [-0.3, -0.25) is 4.79 Å². The number of carbonyl (C=O) groups excluding carboxylic acids is 1. The standard InChI is InChI=1S/C17H36N2O/c1-14(2)9-12-19(13-10-15(3)4)17(20)7-6-16(5)8-11-18/h14-16H,6-13,18H2,1-5H3. The predicted octanol–water partition coefficient (Wildman–Crippen LogP) is 3.67. The van der Waals surface area contributed by atoms with E-state index in [1.807, 2.05) is 0 Å². The third-order valence-corrected chi connectivity index (χ3v) is 3.82. The second kappa shape index (κ2) is 11.1. The van der Waals surface area contributed by atoms with Gasteiger partial charge in [0.15, 0.2) is 0 Å². The van der Waals surface area contributed by atoms with Crippen molar-refractivity contribution >= 4 is 5.91 Å². The summed E-state index contributed by atoms with van der Waals surface area (Å²) in [7, 11) is 0. The fourth-order valence-electron chi connectivity index (χ4n) is 2.15. The zero-order valence-corrected chi connectivity index (χ0v) is 14.3. The van der Waals surface area contributed by atoms with E-state index >= 15 is 0 Å². The van der Waals surface area contributed by atoms with Gasteiger partial charge in [0.05, 0.1) is 0 Å². The van der Waals surface area contributed by atoms with Crippen LogP contribution in [-0.2, 0) is 4.79 Å². The molecule has 0 aromatic heterocycles. The monoisotopic (exact) mass is 284 g/mol. The van der Waals surface area contributed by atoms with Crippen LogP contribution < -0.4 is 5.73 Å². The van der Waals surface area contributed by atoms with Crippen LogP contribution in [0.4, 0.5) is 0 Å². The molecule has 2 N–H and O–H groups in total. The highest BCUT2D eigenvalue weighted by Crippen LogP contribution is 2.13. The van der Waals surface area contributed by atoms with Gasteiger partial charge in [0.2, 0.25) is 5.91 Å². The molecule has 0 heterocycles. The molecule has 0 aromatic rings. The molecule has 0 fully saturated rings. The Morgan fingerprint density at radius 2 is 1.40 bits per heavy atom. The quantitative estimate of drug-likeness (QED) is 0.629. The van der Waals surface area contributed by atoms with Crippen LogP contribution in [0.1, 0.15) is 66.7 Å². The fraction of sp³-hybridized carbons (Fsp3) is 0.941. The lowest BCUT2D eigenvalue weighted by Gasteiger charge is -2.25. The van der Waals surface area contributed by atoms with Crippen LogP contribution in [0.5, 0.6) is 0 Å². The molecule has 1 amide bonds. The Morgan fingerprint density at radius 1 is 0.900 bits per heavy atom. The summed E-state index contributed by atoms with van der Waals surface area (Å²) in [5.41, 5.74) is 5.56. The molecule has 3 heteroatoms. The smallest absolute Gasteiger partial charge is 0.222 e. The normalized spacial score (nSPS) is 13.0. The molecule has 0 spiro atoms. The van der Waals surface area contributed by atoms with Gasteiger partial charge in [0.1, 0.15) is 0 Å². The molecule has 0 aliphatic rings. The van der Waals surface area contributed by atoms with Crippen molar-refractivity contribution < 1.29 is 4.79 Å². The summed E-state index contributed by atoms with van der Waals surface area (Å²) in [6, 6.07) is 0. The molecule has 1 atom stereocenters. The molecule has 0 bridgehead atoms. The minimum atomic E-state index is 0.329. The van der Waals surface area contributed by atoms with Crippen molar-refractivity contribution in [2.75, 3.05) is 19.6 Å². The highest BCUT2D eigenvalue weighted by atomic mass is 16.2. The van der Waals surface area contributed by atoms with Gasteiger partial charge in [-0.05, 0) is 50.0 Å². The molecule has 0 radical (unpaired) electrons. The van der Waals surface area contributed by atoms with E-state index in [-0.39, 0.29) is 0 Å². The van der Waals surface area contributed by atoms with E-state index in [2.05, 4.69) is 39.5 Å². The lowest BCUT2D eigenvalue weighted by molar-refractivity contribution is -0.131. The first kappa shape index (κ1) is 19.4. The van der Waals surface area contributed by atoms with E-state index in [9.17, 15) is 4.79 Å². The van der Waals surface area contributed by atoms with Crippen molar-refractivity contribution in [3.05, 3.63) is 0 Å². The Balaban J connectivity index is 4.23. The van der Waals surface area contributed by atoms with Crippen molar-refractivity contribution in [2.45, 2.75) is 66.7 Å². The van der Waals surface area contributed by atoms with Crippen molar-refractivity contribution in [2.24, 2.45) is 23.5 Å². The van der Waals surface area contributed by atoms with E-state index < -0.39 is 0 Å². The van der Waals surface area contributed by atoms with Crippen LogP contribution in [0, 0.1) is 17.8 Å². The van der Waals surface area contributed by atoms with Gasteiger partial charge in [-0.1, -0.05) is 34.6 Å². The molecule has 0 aliphatic heterocycles. The Labute approximate surface area is 126 Å². The van der Waals surface area contributed by atoms with Crippen molar-refractivity contribution in [3.8, 4) is 0 Å². The largest absolute Gasteiger partial charge is 0.343 e. The predicted molar refractivity (Wildman–Crippen MR) is 87.6 cm³/mol. The second-order valence-corrected chi connectivity index (χ2v) is 6.97. The maximum Gasteiger partial charge on any atom is 0.222 e. The Kier molecular flexibility index (Phi) is 10.8. The Hall–Kier alpha value is -0.570. The summed E-state index contributed by atoms with van der Waals surface area (Å²) in [6.45, 7) is 13.6. The molecule has 0 rings (SSSR count). The van der Waals surface area contributed by atoms with Crippen LogP contribution >= 0.6 is 0 Å². The first-order chi connectivity index (χ1) is 9.36. The summed E-state index contributed by atoms with van der Waals surface area (Å²) in [5, 5.41) is 0. The molecule has 3 nitrogen and oxygen atoms in total. The minimum absolute atomic E-state index is 0.329. The number of nitrogens with zero attached hydrogens (tertiary/aromatic N) is 1. The fourth-order valence-corrected chi connectivity index (χ4v) is 2.15. The SMILES string of the molecule is CC(C)CCN(CCC(C)C)C(=O)CCC(C)CCN. The molecular weight excluding hydrogens is 248 g/mol. The summed E-state index contributed by atoms with van der Waals surface area (Å²) < 4.78 is 0. The molecule has 120 valence electrons. The third kappa shape index (κ3) is 10.2. The van der Waals surface area contributed by atoms with Crippen molar-refractivity contribution in [1.82, 2.24) is 4.90 Å². The number of carbonyl (C=O) groups is 1. The van der Waals surface area contributed by atoms with Gasteiger partial charge < -0.3 is 10.6 Å². The maximum atomic E-state index is 12.4. The van der Waals surface area contributed by atoms with Gasteiger partial charge in [-0.25, -0.2) is 0 Å². The lowest BCUT2D eigenvalue weighted by Crippen LogP contribution is -2.34. The molecule has 0 aliphatic carbocycles. The van der Waals surface area contributed by atoms with Crippen LogP contribution in [0.15, 0.2) is 0 Å². The van der Waals surface area contributed by atoms with Gasteiger partial charge in [-0.15, -0.1) is 0 Å². The summed E-state index contributed by atoms with van der Waals surface area (Å²) in [4.78, 5) is 14.5. The van der Waals surface area contributed by atoms with E-state index in [0.29, 0.717) is 30.1 Å². The number of amides is 1. The van der Waals surface area contributed by atoms with Crippen LogP contribution in [-0.4, -0.2) is 30.4 Å². The first-order valence-electron chi connectivity index (χ1n) is 8.34. The minimum Gasteiger partial charge on any atom is -0.343 e. The molecule has 1 unspecified atom stereocenters. The second-order valence-electron chi connectivity index (χ2n) is 6.97. The van der Waals surface area contributed by atoms with E-state index in [1.54, 1.807) is 0 Å². The van der Waals surface area contributed by atoms with E-state index in [1.165, 1.54) is 0 Å². The van der Waals surface area contributed by atoms with Gasteiger partial charge in [-0.2, -0.15) is 0 Å². The summed E-state index contributed by atoms with van der Waals surface area (Å²) >= 11 is 0. The van der Waals surface area contributed by atoms with Gasteiger partial charge in [0, 0.05) is 19.5 Å². The Bertz CT molecular complexity index is 239. The van der Waals surface area contributed by atoms with Crippen LogP contribution in [0.2, 0.25) is 0 Å². The molecular formula is C17H36N2O. The van der Waals surface area contributed by atoms with Crippen LogP contribution in [0.3, 0.4) is 0 Å². The molecule has 20 heavy (non-hydrogen) atoms. The first-order valence-corrected chi connectivity index (χ1v) is 8.34. The number of nitrogens with two attached hydrogens (primary N) is 1. The molecule has 0 saturated carbocycles. The highest BCUT2D eigenvalue weighted by molar-refractivity contribution is 5.76. The highest BCUT2D eigenvalue weighted by Gasteiger charge is 2.15. The molecule has 0 saturated heterocycles. The zero-order chi connectivity index (χ0) is 15.5. The topological polar surface area (TPSA) is 46.3 Å². The number of hydrogen-bond donors (Lipinski definition) is 1. The summed E-state index contributed by atoms with van der Waals surface area (Å²) in [5.74, 6) is 2.19. The average Bonchev–Trinajstić information content (AvgIpc) is 2.35. The van der Waals surface area contributed by atoms with Crippen molar-refractivity contribution in [1.29, 1.82) is 0 Å². The van der Waals surface area contributed by atoms with E-state index in [4.69, 9.17) is 5.73 Å².